The van der Waals surface area contributed by atoms with Crippen molar-refractivity contribution in [2.24, 2.45) is 0 Å². The summed E-state index contributed by atoms with van der Waals surface area (Å²) in [6.45, 7) is 2.01. The summed E-state index contributed by atoms with van der Waals surface area (Å²) in [6, 6.07) is 10.8. The number of urea groups is 1. The molecule has 116 valence electrons. The number of hydrogen-bond donors (Lipinski definition) is 3. The molecule has 0 spiro atoms. The lowest BCUT2D eigenvalue weighted by Crippen LogP contribution is -2.32. The number of carbonyl (C=O) groups excluding carboxylic acids is 1. The van der Waals surface area contributed by atoms with E-state index in [0.717, 1.165) is 11.1 Å². The summed E-state index contributed by atoms with van der Waals surface area (Å²) in [5.41, 5.74) is 2.18. The maximum atomic E-state index is 13.0. The number of aliphatic hydroxyl groups excluding tert-OH is 1. The van der Waals surface area contributed by atoms with Crippen LogP contribution in [0.25, 0.3) is 0 Å². The van der Waals surface area contributed by atoms with Gasteiger partial charge in [-0.3, -0.25) is 0 Å². The molecule has 0 fully saturated rings. The Morgan fingerprint density at radius 2 is 1.95 bits per heavy atom. The lowest BCUT2D eigenvalue weighted by molar-refractivity contribution is 0.175. The first-order chi connectivity index (χ1) is 10.5. The molecule has 6 heteroatoms. The number of anilines is 1. The van der Waals surface area contributed by atoms with Crippen LogP contribution in [0.5, 0.6) is 0 Å². The van der Waals surface area contributed by atoms with E-state index in [1.165, 1.54) is 18.2 Å². The summed E-state index contributed by atoms with van der Waals surface area (Å²) in [5, 5.41) is 15.0. The van der Waals surface area contributed by atoms with Gasteiger partial charge < -0.3 is 15.7 Å². The Bertz CT molecular complexity index is 662. The smallest absolute Gasteiger partial charge is 0.319 e. The molecule has 4 nitrogen and oxygen atoms in total. The molecule has 2 aromatic carbocycles. The van der Waals surface area contributed by atoms with Gasteiger partial charge in [0.25, 0.3) is 0 Å². The third-order valence-corrected chi connectivity index (χ3v) is 3.39. The lowest BCUT2D eigenvalue weighted by atomic mass is 10.1. The minimum atomic E-state index is -0.803. The van der Waals surface area contributed by atoms with Gasteiger partial charge in [-0.1, -0.05) is 41.4 Å². The van der Waals surface area contributed by atoms with Gasteiger partial charge in [0.2, 0.25) is 0 Å². The first-order valence-electron chi connectivity index (χ1n) is 6.70. The van der Waals surface area contributed by atoms with Crippen LogP contribution in [-0.4, -0.2) is 17.7 Å². The molecule has 3 N–H and O–H groups in total. The van der Waals surface area contributed by atoms with Gasteiger partial charge in [0.15, 0.2) is 0 Å². The largest absolute Gasteiger partial charge is 0.387 e. The fourth-order valence-electron chi connectivity index (χ4n) is 1.84. The molecule has 1 unspecified atom stereocenters. The molecule has 0 aliphatic heterocycles. The molecule has 2 aromatic rings. The van der Waals surface area contributed by atoms with E-state index >= 15 is 0 Å². The second-order valence-electron chi connectivity index (χ2n) is 4.89. The minimum absolute atomic E-state index is 0.0593. The quantitative estimate of drug-likeness (QED) is 0.804. The number of aryl methyl sites for hydroxylation is 1. The molecule has 0 aliphatic rings. The summed E-state index contributed by atoms with van der Waals surface area (Å²) < 4.78 is 13.0. The number of rotatable bonds is 4. The Kier molecular flexibility index (Phi) is 5.35. The average Bonchev–Trinajstić information content (AvgIpc) is 2.49. The van der Waals surface area contributed by atoms with E-state index in [2.05, 4.69) is 10.6 Å². The van der Waals surface area contributed by atoms with Gasteiger partial charge in [-0.25, -0.2) is 9.18 Å². The molecule has 0 aliphatic carbocycles. The fourth-order valence-corrected chi connectivity index (χ4v) is 2.03. The first-order valence-corrected chi connectivity index (χ1v) is 7.08. The number of nitrogens with one attached hydrogen (secondary N) is 2. The van der Waals surface area contributed by atoms with Crippen LogP contribution >= 0.6 is 11.6 Å². The SMILES string of the molecule is Cc1ccc(C(O)CNC(=O)Nc2ccc(F)c(Cl)c2)cc1. The monoisotopic (exact) mass is 322 g/mol. The second kappa shape index (κ2) is 7.24. The number of halogens is 2. The van der Waals surface area contributed by atoms with Gasteiger partial charge in [0.05, 0.1) is 11.1 Å². The number of benzene rings is 2. The molecule has 0 aromatic heterocycles. The highest BCUT2D eigenvalue weighted by atomic mass is 35.5. The lowest BCUT2D eigenvalue weighted by Gasteiger charge is -2.13. The number of hydrogen-bond acceptors (Lipinski definition) is 2. The number of aliphatic hydroxyl groups is 1. The average molecular weight is 323 g/mol. The molecule has 0 saturated carbocycles. The van der Waals surface area contributed by atoms with E-state index in [9.17, 15) is 14.3 Å². The molecule has 0 radical (unpaired) electrons. The summed E-state index contributed by atoms with van der Waals surface area (Å²) in [4.78, 5) is 11.7. The molecule has 0 bridgehead atoms. The summed E-state index contributed by atoms with van der Waals surface area (Å²) in [5.74, 6) is -0.553. The highest BCUT2D eigenvalue weighted by molar-refractivity contribution is 6.31. The fraction of sp³-hybridized carbons (Fsp3) is 0.188. The van der Waals surface area contributed by atoms with Crippen LogP contribution in [0.2, 0.25) is 5.02 Å². The molecule has 22 heavy (non-hydrogen) atoms. The molecule has 2 amide bonds. The molecule has 2 rings (SSSR count). The maximum absolute atomic E-state index is 13.0. The van der Waals surface area contributed by atoms with Gasteiger partial charge >= 0.3 is 6.03 Å². The molecule has 1 atom stereocenters. The van der Waals surface area contributed by atoms with Crippen LogP contribution in [0.15, 0.2) is 42.5 Å². The van der Waals surface area contributed by atoms with E-state index < -0.39 is 18.0 Å². The minimum Gasteiger partial charge on any atom is -0.387 e. The Hall–Kier alpha value is -2.11. The molecule has 0 saturated heterocycles. The highest BCUT2D eigenvalue weighted by Gasteiger charge is 2.10. The number of carbonyl (C=O) groups is 1. The summed E-state index contributed by atoms with van der Waals surface area (Å²) in [7, 11) is 0. The third-order valence-electron chi connectivity index (χ3n) is 3.10. The zero-order chi connectivity index (χ0) is 16.1. The molecular formula is C16H16ClFN2O2. The zero-order valence-electron chi connectivity index (χ0n) is 11.9. The Morgan fingerprint density at radius 3 is 2.59 bits per heavy atom. The van der Waals surface area contributed by atoms with Crippen LogP contribution in [0, 0.1) is 12.7 Å². The topological polar surface area (TPSA) is 61.4 Å². The van der Waals surface area contributed by atoms with Gasteiger partial charge in [-0.15, -0.1) is 0 Å². The first kappa shape index (κ1) is 16.3. The van der Waals surface area contributed by atoms with Gasteiger partial charge in [-0.2, -0.15) is 0 Å². The van der Waals surface area contributed by atoms with Crippen LogP contribution in [-0.2, 0) is 0 Å². The standard InChI is InChI=1S/C16H16ClFN2O2/c1-10-2-4-11(5-3-10)15(21)9-19-16(22)20-12-6-7-14(18)13(17)8-12/h2-8,15,21H,9H2,1H3,(H2,19,20,22). The van der Waals surface area contributed by atoms with Crippen LogP contribution in [0.4, 0.5) is 14.9 Å². The van der Waals surface area contributed by atoms with Crippen molar-refractivity contribution >= 4 is 23.3 Å². The Balaban J connectivity index is 1.86. The Labute approximate surface area is 132 Å². The van der Waals surface area contributed by atoms with Gasteiger partial charge in [0.1, 0.15) is 5.82 Å². The van der Waals surface area contributed by atoms with Crippen molar-refractivity contribution in [3.8, 4) is 0 Å². The van der Waals surface area contributed by atoms with E-state index in [1.807, 2.05) is 19.1 Å². The van der Waals surface area contributed by atoms with Crippen LogP contribution in [0.1, 0.15) is 17.2 Å². The van der Waals surface area contributed by atoms with Crippen molar-refractivity contribution in [1.29, 1.82) is 0 Å². The van der Waals surface area contributed by atoms with Crippen molar-refractivity contribution in [3.05, 3.63) is 64.4 Å². The van der Waals surface area contributed by atoms with Crippen molar-refractivity contribution in [2.45, 2.75) is 13.0 Å². The molecule has 0 heterocycles. The van der Waals surface area contributed by atoms with Crippen molar-refractivity contribution < 1.29 is 14.3 Å². The second-order valence-corrected chi connectivity index (χ2v) is 5.30. The van der Waals surface area contributed by atoms with Crippen LogP contribution in [0.3, 0.4) is 0 Å². The maximum Gasteiger partial charge on any atom is 0.319 e. The van der Waals surface area contributed by atoms with E-state index in [1.54, 1.807) is 12.1 Å². The van der Waals surface area contributed by atoms with Gasteiger partial charge in [-0.05, 0) is 30.7 Å². The number of amides is 2. The van der Waals surface area contributed by atoms with Crippen molar-refractivity contribution in [3.63, 3.8) is 0 Å². The summed E-state index contributed by atoms with van der Waals surface area (Å²) in [6.07, 6.45) is -0.803. The van der Waals surface area contributed by atoms with Crippen molar-refractivity contribution in [1.82, 2.24) is 5.32 Å². The van der Waals surface area contributed by atoms with E-state index in [-0.39, 0.29) is 11.6 Å². The predicted molar refractivity (Wildman–Crippen MR) is 84.6 cm³/mol. The zero-order valence-corrected chi connectivity index (χ0v) is 12.7. The molecular weight excluding hydrogens is 307 g/mol. The van der Waals surface area contributed by atoms with Crippen molar-refractivity contribution in [2.75, 3.05) is 11.9 Å². The third kappa shape index (κ3) is 4.44. The summed E-state index contributed by atoms with van der Waals surface area (Å²) >= 11 is 5.63. The highest BCUT2D eigenvalue weighted by Crippen LogP contribution is 2.19. The van der Waals surface area contributed by atoms with E-state index in [4.69, 9.17) is 11.6 Å². The van der Waals surface area contributed by atoms with Gasteiger partial charge in [0, 0.05) is 12.2 Å². The van der Waals surface area contributed by atoms with E-state index in [0.29, 0.717) is 5.69 Å². The predicted octanol–water partition coefficient (Wildman–Crippen LogP) is 3.64. The Morgan fingerprint density at radius 1 is 1.27 bits per heavy atom. The van der Waals surface area contributed by atoms with Crippen LogP contribution < -0.4 is 10.6 Å². The normalized spacial score (nSPS) is 11.8.